The Balaban J connectivity index is 2.64. The Morgan fingerprint density at radius 1 is 1.32 bits per heavy atom. The first kappa shape index (κ1) is 20.4. The lowest BCUT2D eigenvalue weighted by atomic mass is 10.2. The molecule has 1 aromatic heterocycles. The monoisotopic (exact) mass is 371 g/mol. The lowest BCUT2D eigenvalue weighted by Crippen LogP contribution is -2.33. The lowest BCUT2D eigenvalue weighted by Gasteiger charge is -2.19. The molecule has 0 saturated carbocycles. The lowest BCUT2D eigenvalue weighted by molar-refractivity contribution is 0.0527. The van der Waals surface area contributed by atoms with E-state index in [0.29, 0.717) is 5.01 Å². The molecule has 0 spiro atoms. The van der Waals surface area contributed by atoms with Crippen LogP contribution < -0.4 is 10.6 Å². The molecule has 1 aromatic rings. The molecular weight excluding hydrogens is 350 g/mol. The number of carboxylic acids is 1. The number of thiazole rings is 1. The number of alkyl carbamates (subject to hydrolysis) is 1. The van der Waals surface area contributed by atoms with E-state index in [9.17, 15) is 14.4 Å². The number of nitrogens with one attached hydrogen (secondary N) is 2. The van der Waals surface area contributed by atoms with Crippen molar-refractivity contribution in [3.63, 3.8) is 0 Å². The molecule has 0 bridgehead atoms. The fourth-order valence-electron chi connectivity index (χ4n) is 1.55. The summed E-state index contributed by atoms with van der Waals surface area (Å²) in [5.41, 5.74) is -0.891. The second kappa shape index (κ2) is 9.02. The SMILES string of the molecule is C=CCOC(=O)Nc1sc(CCNC(=O)OC(C)(C)C)nc1C(=O)O. The Morgan fingerprint density at radius 3 is 2.56 bits per heavy atom. The fourth-order valence-corrected chi connectivity index (χ4v) is 2.49. The van der Waals surface area contributed by atoms with E-state index in [1.807, 2.05) is 0 Å². The molecule has 0 saturated heterocycles. The Labute approximate surface area is 149 Å². The number of carbonyl (C=O) groups excluding carboxylic acids is 2. The molecular formula is C15H21N3O6S. The van der Waals surface area contributed by atoms with E-state index in [1.165, 1.54) is 6.08 Å². The van der Waals surface area contributed by atoms with Crippen molar-refractivity contribution in [2.24, 2.45) is 0 Å². The minimum Gasteiger partial charge on any atom is -0.476 e. The summed E-state index contributed by atoms with van der Waals surface area (Å²) in [6, 6.07) is 0. The van der Waals surface area contributed by atoms with Gasteiger partial charge >= 0.3 is 18.2 Å². The zero-order chi connectivity index (χ0) is 19.0. The van der Waals surface area contributed by atoms with E-state index in [0.717, 1.165) is 11.3 Å². The van der Waals surface area contributed by atoms with Crippen LogP contribution in [0.15, 0.2) is 12.7 Å². The highest BCUT2D eigenvalue weighted by atomic mass is 32.1. The molecule has 0 atom stereocenters. The van der Waals surface area contributed by atoms with E-state index < -0.39 is 23.8 Å². The molecule has 0 aliphatic heterocycles. The molecule has 25 heavy (non-hydrogen) atoms. The number of carboxylic acid groups (broad SMARTS) is 1. The first-order valence-electron chi connectivity index (χ1n) is 7.37. The van der Waals surface area contributed by atoms with E-state index in [-0.39, 0.29) is 30.3 Å². The Kier molecular flexibility index (Phi) is 7.37. The zero-order valence-electron chi connectivity index (χ0n) is 14.2. The van der Waals surface area contributed by atoms with Crippen molar-refractivity contribution in [3.8, 4) is 0 Å². The molecule has 0 aromatic carbocycles. The van der Waals surface area contributed by atoms with Gasteiger partial charge in [-0.1, -0.05) is 12.7 Å². The van der Waals surface area contributed by atoms with E-state index in [2.05, 4.69) is 22.2 Å². The summed E-state index contributed by atoms with van der Waals surface area (Å²) in [5, 5.41) is 14.5. The maximum atomic E-state index is 11.5. The van der Waals surface area contributed by atoms with Crippen molar-refractivity contribution in [1.82, 2.24) is 10.3 Å². The number of aromatic nitrogens is 1. The molecule has 138 valence electrons. The number of anilines is 1. The van der Waals surface area contributed by atoms with Gasteiger partial charge in [0.05, 0.1) is 5.01 Å². The molecule has 2 amide bonds. The minimum atomic E-state index is -1.28. The van der Waals surface area contributed by atoms with Gasteiger partial charge in [0.2, 0.25) is 0 Å². The van der Waals surface area contributed by atoms with Gasteiger partial charge in [0.15, 0.2) is 5.69 Å². The van der Waals surface area contributed by atoms with E-state index >= 15 is 0 Å². The number of aromatic carboxylic acids is 1. The number of rotatable bonds is 7. The van der Waals surface area contributed by atoms with Crippen LogP contribution in [-0.4, -0.2) is 47.0 Å². The maximum Gasteiger partial charge on any atom is 0.412 e. The standard InChI is InChI=1S/C15H21N3O6S/c1-5-8-23-14(22)18-11-10(12(19)20)17-9(25-11)6-7-16-13(21)24-15(2,3)4/h5H,1,6-8H2,2-4H3,(H,16,21)(H,18,22)(H,19,20). The van der Waals surface area contributed by atoms with Gasteiger partial charge < -0.3 is 19.9 Å². The molecule has 10 heteroatoms. The van der Waals surface area contributed by atoms with Crippen molar-refractivity contribution in [2.45, 2.75) is 32.8 Å². The third-order valence-electron chi connectivity index (χ3n) is 2.43. The second-order valence-corrected chi connectivity index (χ2v) is 6.86. The molecule has 0 radical (unpaired) electrons. The molecule has 9 nitrogen and oxygen atoms in total. The van der Waals surface area contributed by atoms with Crippen LogP contribution in [0, 0.1) is 0 Å². The summed E-state index contributed by atoms with van der Waals surface area (Å²) in [7, 11) is 0. The normalized spacial score (nSPS) is 10.7. The quantitative estimate of drug-likeness (QED) is 0.629. The Hall–Kier alpha value is -2.62. The predicted octanol–water partition coefficient (Wildman–Crippen LogP) is 2.64. The summed E-state index contributed by atoms with van der Waals surface area (Å²) < 4.78 is 9.83. The van der Waals surface area contributed by atoms with Gasteiger partial charge in [-0.3, -0.25) is 5.32 Å². The van der Waals surface area contributed by atoms with E-state index in [1.54, 1.807) is 20.8 Å². The van der Waals surface area contributed by atoms with Crippen molar-refractivity contribution < 1.29 is 29.0 Å². The van der Waals surface area contributed by atoms with Crippen molar-refractivity contribution >= 4 is 34.5 Å². The first-order chi connectivity index (χ1) is 11.6. The zero-order valence-corrected chi connectivity index (χ0v) is 15.1. The van der Waals surface area contributed by atoms with Crippen LogP contribution in [0.5, 0.6) is 0 Å². The highest BCUT2D eigenvalue weighted by molar-refractivity contribution is 7.16. The number of ether oxygens (including phenoxy) is 2. The van der Waals surface area contributed by atoms with Crippen LogP contribution in [-0.2, 0) is 15.9 Å². The molecule has 0 unspecified atom stereocenters. The van der Waals surface area contributed by atoms with Crippen molar-refractivity contribution in [1.29, 1.82) is 0 Å². The molecule has 1 heterocycles. The van der Waals surface area contributed by atoms with Crippen LogP contribution in [0.1, 0.15) is 36.3 Å². The summed E-state index contributed by atoms with van der Waals surface area (Å²) >= 11 is 0.993. The summed E-state index contributed by atoms with van der Waals surface area (Å²) in [5.74, 6) is -1.28. The van der Waals surface area contributed by atoms with Crippen molar-refractivity contribution in [3.05, 3.63) is 23.4 Å². The van der Waals surface area contributed by atoms with Crippen molar-refractivity contribution in [2.75, 3.05) is 18.5 Å². The Bertz CT molecular complexity index is 650. The molecule has 0 aliphatic carbocycles. The van der Waals surface area contributed by atoms with Gasteiger partial charge in [-0.2, -0.15) is 0 Å². The number of amides is 2. The van der Waals surface area contributed by atoms with Gasteiger partial charge in [0.1, 0.15) is 17.2 Å². The van der Waals surface area contributed by atoms with Crippen LogP contribution >= 0.6 is 11.3 Å². The fraction of sp³-hybridized carbons (Fsp3) is 0.467. The topological polar surface area (TPSA) is 127 Å². The largest absolute Gasteiger partial charge is 0.476 e. The van der Waals surface area contributed by atoms with Gasteiger partial charge in [0.25, 0.3) is 0 Å². The summed E-state index contributed by atoms with van der Waals surface area (Å²) in [4.78, 5) is 38.2. The average Bonchev–Trinajstić information content (AvgIpc) is 2.86. The molecule has 1 rings (SSSR count). The van der Waals surface area contributed by atoms with Gasteiger partial charge in [-0.15, -0.1) is 11.3 Å². The van der Waals surface area contributed by atoms with Crippen LogP contribution in [0.4, 0.5) is 14.6 Å². The van der Waals surface area contributed by atoms with Crippen LogP contribution in [0.25, 0.3) is 0 Å². The maximum absolute atomic E-state index is 11.5. The second-order valence-electron chi connectivity index (χ2n) is 5.78. The van der Waals surface area contributed by atoms with Crippen LogP contribution in [0.3, 0.4) is 0 Å². The van der Waals surface area contributed by atoms with Crippen LogP contribution in [0.2, 0.25) is 0 Å². The predicted molar refractivity (Wildman–Crippen MR) is 92.2 cm³/mol. The first-order valence-corrected chi connectivity index (χ1v) is 8.18. The third-order valence-corrected chi connectivity index (χ3v) is 3.46. The van der Waals surface area contributed by atoms with Gasteiger partial charge in [-0.05, 0) is 20.8 Å². The van der Waals surface area contributed by atoms with Gasteiger partial charge in [0, 0.05) is 13.0 Å². The number of hydrogen-bond donors (Lipinski definition) is 3. The molecule has 3 N–H and O–H groups in total. The highest BCUT2D eigenvalue weighted by Gasteiger charge is 2.20. The number of hydrogen-bond acceptors (Lipinski definition) is 7. The number of carbonyl (C=O) groups is 3. The third kappa shape index (κ3) is 7.66. The minimum absolute atomic E-state index is 0.000290. The molecule has 0 aliphatic rings. The smallest absolute Gasteiger partial charge is 0.412 e. The molecule has 0 fully saturated rings. The average molecular weight is 371 g/mol. The Morgan fingerprint density at radius 2 is 2.00 bits per heavy atom. The summed E-state index contributed by atoms with van der Waals surface area (Å²) in [6.07, 6.45) is 0.296. The summed E-state index contributed by atoms with van der Waals surface area (Å²) in [6.45, 7) is 8.85. The number of nitrogens with zero attached hydrogens (tertiary/aromatic N) is 1. The van der Waals surface area contributed by atoms with E-state index in [4.69, 9.17) is 14.6 Å². The highest BCUT2D eigenvalue weighted by Crippen LogP contribution is 2.25. The van der Waals surface area contributed by atoms with Gasteiger partial charge in [-0.25, -0.2) is 19.4 Å².